The summed E-state index contributed by atoms with van der Waals surface area (Å²) in [6, 6.07) is 15.0. The summed E-state index contributed by atoms with van der Waals surface area (Å²) in [6.45, 7) is 0.440. The Bertz CT molecular complexity index is 878. The van der Waals surface area contributed by atoms with Gasteiger partial charge in [-0.2, -0.15) is 0 Å². The molecule has 1 amide bonds. The highest BCUT2D eigenvalue weighted by Crippen LogP contribution is 2.36. The molecule has 0 spiro atoms. The predicted molar refractivity (Wildman–Crippen MR) is 102 cm³/mol. The van der Waals surface area contributed by atoms with Crippen LogP contribution in [0.15, 0.2) is 53.9 Å². The molecule has 24 heavy (non-hydrogen) atoms. The lowest BCUT2D eigenvalue weighted by Gasteiger charge is -2.09. The fourth-order valence-electron chi connectivity index (χ4n) is 2.35. The van der Waals surface area contributed by atoms with Crippen LogP contribution in [0, 0.1) is 0 Å². The predicted octanol–water partition coefficient (Wildman–Crippen LogP) is 5.23. The molecule has 0 fully saturated rings. The third-order valence-electron chi connectivity index (χ3n) is 3.57. The van der Waals surface area contributed by atoms with Crippen LogP contribution in [0.25, 0.3) is 11.1 Å². The number of nitrogens with two attached hydrogens (primary N) is 1. The lowest BCUT2D eigenvalue weighted by Crippen LogP contribution is -2.23. The molecule has 6 heteroatoms. The molecule has 0 aliphatic heterocycles. The summed E-state index contributed by atoms with van der Waals surface area (Å²) in [5.74, 6) is -0.210. The zero-order chi connectivity index (χ0) is 17.1. The van der Waals surface area contributed by atoms with Gasteiger partial charge in [0.1, 0.15) is 0 Å². The number of rotatable bonds is 4. The molecule has 2 aromatic carbocycles. The van der Waals surface area contributed by atoms with Crippen LogP contribution in [0.4, 0.5) is 5.00 Å². The number of carbonyl (C=O) groups excluding carboxylic acids is 1. The van der Waals surface area contributed by atoms with E-state index in [9.17, 15) is 4.79 Å². The smallest absolute Gasteiger partial charge is 0.255 e. The van der Waals surface area contributed by atoms with Crippen molar-refractivity contribution >= 4 is 45.4 Å². The quantitative estimate of drug-likeness (QED) is 0.654. The number of thiophene rings is 1. The van der Waals surface area contributed by atoms with E-state index in [0.717, 1.165) is 16.7 Å². The molecular formula is C18H14Cl2N2OS. The molecular weight excluding hydrogens is 363 g/mol. The Labute approximate surface area is 154 Å². The molecule has 3 nitrogen and oxygen atoms in total. The largest absolute Gasteiger partial charge is 0.390 e. The maximum Gasteiger partial charge on any atom is 0.255 e. The minimum atomic E-state index is -0.210. The highest BCUT2D eigenvalue weighted by molar-refractivity contribution is 7.15. The van der Waals surface area contributed by atoms with E-state index < -0.39 is 0 Å². The van der Waals surface area contributed by atoms with E-state index in [1.54, 1.807) is 12.1 Å². The van der Waals surface area contributed by atoms with Crippen molar-refractivity contribution in [2.45, 2.75) is 6.54 Å². The summed E-state index contributed by atoms with van der Waals surface area (Å²) < 4.78 is 0. The number of benzene rings is 2. The third kappa shape index (κ3) is 3.56. The highest BCUT2D eigenvalue weighted by atomic mass is 35.5. The summed E-state index contributed by atoms with van der Waals surface area (Å²) >= 11 is 13.4. The second-order valence-electron chi connectivity index (χ2n) is 5.19. The van der Waals surface area contributed by atoms with Gasteiger partial charge in [-0.25, -0.2) is 0 Å². The van der Waals surface area contributed by atoms with Crippen LogP contribution in [0.5, 0.6) is 0 Å². The van der Waals surface area contributed by atoms with Gasteiger partial charge in [0.15, 0.2) is 0 Å². The Morgan fingerprint density at radius 1 is 1.08 bits per heavy atom. The number of nitrogens with one attached hydrogen (secondary N) is 1. The van der Waals surface area contributed by atoms with Crippen LogP contribution in [0.3, 0.4) is 0 Å². The van der Waals surface area contributed by atoms with Crippen molar-refractivity contribution in [1.29, 1.82) is 0 Å². The van der Waals surface area contributed by atoms with Crippen molar-refractivity contribution in [3.05, 3.63) is 75.1 Å². The van der Waals surface area contributed by atoms with Crippen LogP contribution < -0.4 is 11.1 Å². The Morgan fingerprint density at radius 3 is 2.54 bits per heavy atom. The van der Waals surface area contributed by atoms with Crippen molar-refractivity contribution in [2.24, 2.45) is 0 Å². The molecule has 122 valence electrons. The van der Waals surface area contributed by atoms with Gasteiger partial charge in [-0.05, 0) is 23.3 Å². The van der Waals surface area contributed by atoms with E-state index in [2.05, 4.69) is 5.32 Å². The number of hydrogen-bond acceptors (Lipinski definition) is 3. The minimum absolute atomic E-state index is 0.210. The summed E-state index contributed by atoms with van der Waals surface area (Å²) in [7, 11) is 0. The van der Waals surface area contributed by atoms with Crippen molar-refractivity contribution < 1.29 is 4.79 Å². The maximum absolute atomic E-state index is 12.6. The molecule has 1 heterocycles. The van der Waals surface area contributed by atoms with Gasteiger partial charge in [0.2, 0.25) is 0 Å². The van der Waals surface area contributed by atoms with Crippen LogP contribution >= 0.6 is 34.5 Å². The van der Waals surface area contributed by atoms with Gasteiger partial charge in [-0.3, -0.25) is 4.79 Å². The first-order valence-corrected chi connectivity index (χ1v) is 8.84. The normalized spacial score (nSPS) is 10.6. The topological polar surface area (TPSA) is 55.1 Å². The Kier molecular flexibility index (Phi) is 5.09. The van der Waals surface area contributed by atoms with Crippen LogP contribution in [-0.2, 0) is 6.54 Å². The SMILES string of the molecule is Nc1scc(-c2ccc(Cl)c(Cl)c2)c1C(=O)NCc1ccccc1. The molecule has 0 atom stereocenters. The van der Waals surface area contributed by atoms with Gasteiger partial charge in [-0.1, -0.05) is 59.6 Å². The molecule has 3 aromatic rings. The van der Waals surface area contributed by atoms with E-state index in [4.69, 9.17) is 28.9 Å². The van der Waals surface area contributed by atoms with Gasteiger partial charge in [0.05, 0.1) is 20.6 Å². The van der Waals surface area contributed by atoms with Crippen LogP contribution in [0.2, 0.25) is 10.0 Å². The molecule has 0 unspecified atom stereocenters. The molecule has 0 radical (unpaired) electrons. The summed E-state index contributed by atoms with van der Waals surface area (Å²) in [6.07, 6.45) is 0. The average molecular weight is 377 g/mol. The van der Waals surface area contributed by atoms with E-state index in [-0.39, 0.29) is 5.91 Å². The van der Waals surface area contributed by atoms with Crippen LogP contribution in [-0.4, -0.2) is 5.91 Å². The first kappa shape index (κ1) is 16.8. The summed E-state index contributed by atoms with van der Waals surface area (Å²) in [5.41, 5.74) is 9.07. The molecule has 0 saturated carbocycles. The maximum atomic E-state index is 12.6. The van der Waals surface area contributed by atoms with E-state index in [0.29, 0.717) is 27.2 Å². The van der Waals surface area contributed by atoms with E-state index in [1.807, 2.05) is 41.8 Å². The van der Waals surface area contributed by atoms with Crippen molar-refractivity contribution in [1.82, 2.24) is 5.32 Å². The second-order valence-corrected chi connectivity index (χ2v) is 6.91. The fraction of sp³-hybridized carbons (Fsp3) is 0.0556. The van der Waals surface area contributed by atoms with Gasteiger partial charge < -0.3 is 11.1 Å². The first-order valence-electron chi connectivity index (χ1n) is 7.21. The lowest BCUT2D eigenvalue weighted by molar-refractivity contribution is 0.0953. The van der Waals surface area contributed by atoms with Gasteiger partial charge >= 0.3 is 0 Å². The monoisotopic (exact) mass is 376 g/mol. The Balaban J connectivity index is 1.86. The first-order chi connectivity index (χ1) is 11.6. The summed E-state index contributed by atoms with van der Waals surface area (Å²) in [5, 5.41) is 6.14. The zero-order valence-corrected chi connectivity index (χ0v) is 14.9. The number of halogens is 2. The van der Waals surface area contributed by atoms with Gasteiger partial charge in [0, 0.05) is 17.5 Å². The number of amides is 1. The van der Waals surface area contributed by atoms with Crippen molar-refractivity contribution in [2.75, 3.05) is 5.73 Å². The number of carbonyl (C=O) groups is 1. The minimum Gasteiger partial charge on any atom is -0.390 e. The Morgan fingerprint density at radius 2 is 1.83 bits per heavy atom. The highest BCUT2D eigenvalue weighted by Gasteiger charge is 2.19. The molecule has 3 rings (SSSR count). The second kappa shape index (κ2) is 7.26. The molecule has 0 bridgehead atoms. The lowest BCUT2D eigenvalue weighted by atomic mass is 10.0. The zero-order valence-electron chi connectivity index (χ0n) is 12.6. The number of hydrogen-bond donors (Lipinski definition) is 2. The van der Waals surface area contributed by atoms with E-state index >= 15 is 0 Å². The number of nitrogen functional groups attached to an aromatic ring is 1. The molecule has 1 aromatic heterocycles. The molecule has 0 aliphatic rings. The average Bonchev–Trinajstić information content (AvgIpc) is 2.98. The van der Waals surface area contributed by atoms with Gasteiger partial charge in [0.25, 0.3) is 5.91 Å². The van der Waals surface area contributed by atoms with Crippen LogP contribution in [0.1, 0.15) is 15.9 Å². The standard InChI is InChI=1S/C18H14Cl2N2OS/c19-14-7-6-12(8-15(14)20)13-10-24-17(21)16(13)18(23)22-9-11-4-2-1-3-5-11/h1-8,10H,9,21H2,(H,22,23). The summed E-state index contributed by atoms with van der Waals surface area (Å²) in [4.78, 5) is 12.6. The van der Waals surface area contributed by atoms with Gasteiger partial charge in [-0.15, -0.1) is 11.3 Å². The molecule has 0 saturated heterocycles. The van der Waals surface area contributed by atoms with Crippen molar-refractivity contribution in [3.8, 4) is 11.1 Å². The molecule has 3 N–H and O–H groups in total. The molecule has 0 aliphatic carbocycles. The number of anilines is 1. The third-order valence-corrected chi connectivity index (χ3v) is 5.12. The Hall–Kier alpha value is -2.01. The van der Waals surface area contributed by atoms with Crippen molar-refractivity contribution in [3.63, 3.8) is 0 Å². The fourth-order valence-corrected chi connectivity index (χ4v) is 3.47. The van der Waals surface area contributed by atoms with E-state index in [1.165, 1.54) is 11.3 Å².